The summed E-state index contributed by atoms with van der Waals surface area (Å²) >= 11 is 0. The zero-order valence-corrected chi connectivity index (χ0v) is 19.9. The number of nitrogens with zero attached hydrogens (tertiary/aromatic N) is 1. The molecule has 1 aliphatic heterocycles. The van der Waals surface area contributed by atoms with Gasteiger partial charge >= 0.3 is 5.97 Å². The van der Waals surface area contributed by atoms with Crippen molar-refractivity contribution in [2.45, 2.75) is 123 Å². The van der Waals surface area contributed by atoms with Gasteiger partial charge in [-0.25, -0.2) is 0 Å². The maximum Gasteiger partial charge on any atom is 0.305 e. The Morgan fingerprint density at radius 3 is 2.20 bits per heavy atom. The van der Waals surface area contributed by atoms with Gasteiger partial charge < -0.3 is 15.0 Å². The van der Waals surface area contributed by atoms with Gasteiger partial charge in [0.25, 0.3) is 0 Å². The van der Waals surface area contributed by atoms with Crippen LogP contribution in [0, 0.1) is 0 Å². The summed E-state index contributed by atoms with van der Waals surface area (Å²) in [6.07, 6.45) is 17.8. The minimum Gasteiger partial charge on any atom is -0.466 e. The van der Waals surface area contributed by atoms with Crippen molar-refractivity contribution in [1.29, 1.82) is 0 Å². The number of hydrogen-bond donors (Lipinski definition) is 1. The lowest BCUT2D eigenvalue weighted by molar-refractivity contribution is -0.143. The lowest BCUT2D eigenvalue weighted by atomic mass is 10.1. The molecule has 30 heavy (non-hydrogen) atoms. The van der Waals surface area contributed by atoms with E-state index in [9.17, 15) is 9.59 Å². The molecular formula is C25H48N2O3. The summed E-state index contributed by atoms with van der Waals surface area (Å²) in [4.78, 5) is 25.9. The Bertz CT molecular complexity index is 442. The molecule has 1 fully saturated rings. The van der Waals surface area contributed by atoms with Gasteiger partial charge in [-0.1, -0.05) is 71.6 Å². The van der Waals surface area contributed by atoms with Crippen molar-refractivity contribution < 1.29 is 14.3 Å². The van der Waals surface area contributed by atoms with Gasteiger partial charge in [-0.2, -0.15) is 0 Å². The average molecular weight is 425 g/mol. The SMILES string of the molecule is CCCCCCCCCCCOC(=O)CCCCCN1CCC(NC(=O)CCC)C1. The van der Waals surface area contributed by atoms with Crippen LogP contribution in [-0.2, 0) is 14.3 Å². The van der Waals surface area contributed by atoms with E-state index in [0.717, 1.165) is 58.2 Å². The Labute approximate surface area is 185 Å². The largest absolute Gasteiger partial charge is 0.466 e. The zero-order chi connectivity index (χ0) is 21.9. The topological polar surface area (TPSA) is 58.6 Å². The zero-order valence-electron chi connectivity index (χ0n) is 19.9. The third-order valence-corrected chi connectivity index (χ3v) is 5.98. The van der Waals surface area contributed by atoms with Gasteiger partial charge in [-0.05, 0) is 38.6 Å². The summed E-state index contributed by atoms with van der Waals surface area (Å²) in [5.41, 5.74) is 0. The van der Waals surface area contributed by atoms with Crippen LogP contribution < -0.4 is 5.32 Å². The predicted molar refractivity (Wildman–Crippen MR) is 125 cm³/mol. The highest BCUT2D eigenvalue weighted by Crippen LogP contribution is 2.12. The number of rotatable bonds is 19. The summed E-state index contributed by atoms with van der Waals surface area (Å²) in [5.74, 6) is 0.153. The van der Waals surface area contributed by atoms with Crippen molar-refractivity contribution in [3.05, 3.63) is 0 Å². The van der Waals surface area contributed by atoms with Gasteiger partial charge in [0, 0.05) is 32.0 Å². The minimum absolute atomic E-state index is 0.0329. The second-order valence-electron chi connectivity index (χ2n) is 8.96. The third kappa shape index (κ3) is 14.8. The second-order valence-corrected chi connectivity index (χ2v) is 8.96. The molecule has 1 atom stereocenters. The van der Waals surface area contributed by atoms with Crippen molar-refractivity contribution in [2.24, 2.45) is 0 Å². The molecule has 5 heteroatoms. The van der Waals surface area contributed by atoms with E-state index in [1.54, 1.807) is 0 Å². The first-order valence-electron chi connectivity index (χ1n) is 12.8. The molecule has 0 radical (unpaired) electrons. The molecule has 0 spiro atoms. The van der Waals surface area contributed by atoms with E-state index >= 15 is 0 Å². The lowest BCUT2D eigenvalue weighted by Gasteiger charge is -2.16. The van der Waals surface area contributed by atoms with Crippen molar-refractivity contribution in [3.8, 4) is 0 Å². The molecule has 0 aliphatic carbocycles. The molecule has 1 rings (SSSR count). The Morgan fingerprint density at radius 1 is 0.833 bits per heavy atom. The van der Waals surface area contributed by atoms with Crippen molar-refractivity contribution >= 4 is 11.9 Å². The van der Waals surface area contributed by atoms with E-state index in [-0.39, 0.29) is 11.9 Å². The molecule has 0 bridgehead atoms. The second kappa shape index (κ2) is 18.7. The molecule has 0 aromatic rings. The van der Waals surface area contributed by atoms with Crippen LogP contribution in [0.25, 0.3) is 0 Å². The van der Waals surface area contributed by atoms with Gasteiger partial charge in [0.1, 0.15) is 0 Å². The number of nitrogens with one attached hydrogen (secondary N) is 1. The van der Waals surface area contributed by atoms with E-state index in [4.69, 9.17) is 4.74 Å². The molecule has 176 valence electrons. The summed E-state index contributed by atoms with van der Waals surface area (Å²) in [7, 11) is 0. The van der Waals surface area contributed by atoms with E-state index in [1.165, 1.54) is 51.4 Å². The summed E-state index contributed by atoms with van der Waals surface area (Å²) in [5, 5.41) is 3.13. The monoisotopic (exact) mass is 424 g/mol. The highest BCUT2D eigenvalue weighted by molar-refractivity contribution is 5.76. The number of hydrogen-bond acceptors (Lipinski definition) is 4. The minimum atomic E-state index is -0.0329. The Kier molecular flexibility index (Phi) is 16.7. The normalized spacial score (nSPS) is 16.7. The van der Waals surface area contributed by atoms with Crippen LogP contribution in [0.15, 0.2) is 0 Å². The number of likely N-dealkylation sites (tertiary alicyclic amines) is 1. The van der Waals surface area contributed by atoms with Crippen molar-refractivity contribution in [3.63, 3.8) is 0 Å². The fraction of sp³-hybridized carbons (Fsp3) is 0.920. The number of ether oxygens (including phenoxy) is 1. The molecule has 1 aliphatic rings. The van der Waals surface area contributed by atoms with E-state index < -0.39 is 0 Å². The van der Waals surface area contributed by atoms with E-state index in [2.05, 4.69) is 17.1 Å². The highest BCUT2D eigenvalue weighted by atomic mass is 16.5. The number of amides is 1. The van der Waals surface area contributed by atoms with E-state index in [1.807, 2.05) is 6.92 Å². The third-order valence-electron chi connectivity index (χ3n) is 5.98. The molecule has 0 aromatic heterocycles. The smallest absolute Gasteiger partial charge is 0.305 e. The standard InChI is InChI=1S/C25H48N2O3/c1-3-5-6-7-8-9-10-11-15-21-30-25(29)17-13-12-14-19-27-20-18-23(22-27)26-24(28)16-4-2/h23H,3-22H2,1-2H3,(H,26,28). The summed E-state index contributed by atoms with van der Waals surface area (Å²) in [6, 6.07) is 0.320. The molecule has 5 nitrogen and oxygen atoms in total. The van der Waals surface area contributed by atoms with Gasteiger partial charge in [-0.3, -0.25) is 9.59 Å². The highest BCUT2D eigenvalue weighted by Gasteiger charge is 2.22. The maximum atomic E-state index is 11.8. The molecule has 1 unspecified atom stereocenters. The molecule has 1 N–H and O–H groups in total. The first-order chi connectivity index (χ1) is 14.7. The molecule has 1 amide bonds. The van der Waals surface area contributed by atoms with Crippen molar-refractivity contribution in [2.75, 3.05) is 26.2 Å². The van der Waals surface area contributed by atoms with Crippen LogP contribution in [-0.4, -0.2) is 49.1 Å². The van der Waals surface area contributed by atoms with Crippen LogP contribution >= 0.6 is 0 Å². The molecule has 1 heterocycles. The number of carbonyl (C=O) groups is 2. The Balaban J connectivity index is 1.86. The average Bonchev–Trinajstić information content (AvgIpc) is 3.16. The summed E-state index contributed by atoms with van der Waals surface area (Å²) in [6.45, 7) is 7.98. The van der Waals surface area contributed by atoms with E-state index in [0.29, 0.717) is 25.5 Å². The van der Waals surface area contributed by atoms with Gasteiger partial charge in [0.15, 0.2) is 0 Å². The van der Waals surface area contributed by atoms with Crippen LogP contribution in [0.1, 0.15) is 117 Å². The Morgan fingerprint density at radius 2 is 1.50 bits per heavy atom. The van der Waals surface area contributed by atoms with Gasteiger partial charge in [0.05, 0.1) is 6.61 Å². The van der Waals surface area contributed by atoms with Gasteiger partial charge in [-0.15, -0.1) is 0 Å². The molecule has 1 saturated heterocycles. The number of unbranched alkanes of at least 4 members (excludes halogenated alkanes) is 10. The maximum absolute atomic E-state index is 11.8. The van der Waals surface area contributed by atoms with Crippen LogP contribution in [0.3, 0.4) is 0 Å². The number of esters is 1. The fourth-order valence-electron chi connectivity index (χ4n) is 4.13. The number of carbonyl (C=O) groups excluding carboxylic acids is 2. The van der Waals surface area contributed by atoms with Crippen LogP contribution in [0.4, 0.5) is 0 Å². The van der Waals surface area contributed by atoms with Crippen LogP contribution in [0.5, 0.6) is 0 Å². The Hall–Kier alpha value is -1.10. The predicted octanol–water partition coefficient (Wildman–Crippen LogP) is 5.61. The molecular weight excluding hydrogens is 376 g/mol. The molecule has 0 saturated carbocycles. The quantitative estimate of drug-likeness (QED) is 0.216. The van der Waals surface area contributed by atoms with Gasteiger partial charge in [0.2, 0.25) is 5.91 Å². The first kappa shape index (κ1) is 26.9. The first-order valence-corrected chi connectivity index (χ1v) is 12.8. The summed E-state index contributed by atoms with van der Waals surface area (Å²) < 4.78 is 5.36. The van der Waals surface area contributed by atoms with Crippen molar-refractivity contribution in [1.82, 2.24) is 10.2 Å². The van der Waals surface area contributed by atoms with Crippen LogP contribution in [0.2, 0.25) is 0 Å². The molecule has 0 aromatic carbocycles. The fourth-order valence-corrected chi connectivity index (χ4v) is 4.13. The lowest BCUT2D eigenvalue weighted by Crippen LogP contribution is -2.37.